The van der Waals surface area contributed by atoms with Crippen molar-refractivity contribution in [1.29, 1.82) is 0 Å². The summed E-state index contributed by atoms with van der Waals surface area (Å²) in [6.45, 7) is 19.5. The molecule has 0 saturated heterocycles. The number of hydrogen-bond donors (Lipinski definition) is 5. The first kappa shape index (κ1) is 62.6. The summed E-state index contributed by atoms with van der Waals surface area (Å²) in [5.74, 6) is -0.847. The van der Waals surface area contributed by atoms with Gasteiger partial charge in [0, 0.05) is 0 Å². The van der Waals surface area contributed by atoms with Gasteiger partial charge in [0.25, 0.3) is 0 Å². The van der Waals surface area contributed by atoms with Crippen molar-refractivity contribution in [3.63, 3.8) is 0 Å². The Morgan fingerprint density at radius 1 is 0.409 bits per heavy atom. The van der Waals surface area contributed by atoms with E-state index in [-0.39, 0.29) is 69.7 Å². The molecule has 0 fully saturated rings. The molecule has 15 atom stereocenters. The normalized spacial score (nSPS) is 23.4. The number of rotatable bonds is 11. The van der Waals surface area contributed by atoms with Gasteiger partial charge in [-0.05, 0) is 0 Å². The molecule has 4 aliphatic rings. The van der Waals surface area contributed by atoms with Crippen molar-refractivity contribution in [2.45, 2.75) is 117 Å². The maximum absolute atomic E-state index is 13.3. The predicted molar refractivity (Wildman–Crippen MR) is 343 cm³/mol. The van der Waals surface area contributed by atoms with E-state index in [0.29, 0.717) is 45.3 Å². The first-order valence-corrected chi connectivity index (χ1v) is 33.0. The Kier molecular flexibility index (Phi) is 17.5. The molecule has 15 unspecified atom stereocenters. The molecule has 4 heterocycles. The van der Waals surface area contributed by atoms with Crippen LogP contribution in [0.2, 0.25) is 0 Å². The number of phenolic OH excluding ortho intramolecular Hbond substituents is 4. The predicted octanol–water partition coefficient (Wildman–Crippen LogP) is 14.1. The summed E-state index contributed by atoms with van der Waals surface area (Å²) in [6.07, 6.45) is -3.41. The van der Waals surface area contributed by atoms with E-state index in [0.717, 1.165) is 64.6 Å². The fourth-order valence-corrected chi connectivity index (χ4v) is 16.9. The van der Waals surface area contributed by atoms with Crippen LogP contribution >= 0.6 is 37.9 Å². The molecule has 0 aromatic heterocycles. The van der Waals surface area contributed by atoms with E-state index < -0.39 is 42.2 Å². The second-order valence-electron chi connectivity index (χ2n) is 24.3. The van der Waals surface area contributed by atoms with E-state index in [4.69, 9.17) is 37.0 Å². The van der Waals surface area contributed by atoms with Gasteiger partial charge in [0.2, 0.25) is 0 Å². The number of hydrogen-bond acceptors (Lipinski definition) is 13. The molecular weight excluding hydrogens is 1350 g/mol. The second-order valence-corrected chi connectivity index (χ2v) is 27.4. The first-order valence-electron chi connectivity index (χ1n) is 29.1. The summed E-state index contributed by atoms with van der Waals surface area (Å²) < 4.78 is 54.5. The number of phenols is 4. The van der Waals surface area contributed by atoms with Gasteiger partial charge in [-0.15, -0.1) is 0 Å². The molecule has 12 rings (SSSR count). The third-order valence-corrected chi connectivity index (χ3v) is 21.6. The van der Waals surface area contributed by atoms with Crippen molar-refractivity contribution < 1.29 is 102 Å². The van der Waals surface area contributed by atoms with Gasteiger partial charge in [-0.3, -0.25) is 0 Å². The van der Waals surface area contributed by atoms with E-state index in [1.807, 2.05) is 26.7 Å². The van der Waals surface area contributed by atoms with Crippen LogP contribution in [0.3, 0.4) is 0 Å². The number of benzene rings is 8. The molecule has 0 aliphatic carbocycles. The van der Waals surface area contributed by atoms with E-state index >= 15 is 0 Å². The number of aromatic hydroxyl groups is 4. The summed E-state index contributed by atoms with van der Waals surface area (Å²) in [4.78, 5) is 0. The standard InChI is InChI=1S/C69H70O13P4.2Mo/c1-30-10-14-39(22-34(30)5)63-36(7)24-46-32(3)12-18-44(67(46)76-63)56-37(8)64(40-15-11-31(2)35(6)23-40)77-68-45(19-13-33(4)55(56)68)57-38(9)65(41-16-20-47(70)48(71)25-41)78-69-58(57)49(72)29-50(73)59(69)61-60-53(27-43(79-83)28-54(60)82-86)75-66(62(61)74)42-17-21-51(80-84)52(26-42)81-85;;/h10-17,20-23,25-29,36-38,56-57,61-66,70-74H,24,83-86H2,1-9H3;;. The van der Waals surface area contributed by atoms with Gasteiger partial charge in [0.05, 0.1) is 28.4 Å². The topological polar surface area (TPSA) is 175 Å². The van der Waals surface area contributed by atoms with Crippen LogP contribution in [0, 0.1) is 59.3 Å². The maximum atomic E-state index is 13.3. The zero-order valence-corrected chi connectivity index (χ0v) is 58.6. The third kappa shape index (κ3) is 10.6. The summed E-state index contributed by atoms with van der Waals surface area (Å²) in [5, 5.41) is 61.2. The minimum absolute atomic E-state index is 0.0841. The molecule has 0 amide bonds. The summed E-state index contributed by atoms with van der Waals surface area (Å²) in [5.41, 5.74) is 15.0. The van der Waals surface area contributed by atoms with Crippen LogP contribution in [0.15, 0.2) is 103 Å². The quantitative estimate of drug-likeness (QED) is 0.0470. The Morgan fingerprint density at radius 3 is 1.51 bits per heavy atom. The Morgan fingerprint density at radius 2 is 0.920 bits per heavy atom. The molecule has 8 aromatic rings. The van der Waals surface area contributed by atoms with Crippen LogP contribution in [0.25, 0.3) is 0 Å². The molecule has 0 saturated carbocycles. The molecular formula is C69H70Mo2O13P4. The summed E-state index contributed by atoms with van der Waals surface area (Å²) >= 11 is 4.05. The number of fused-ring (bicyclic) bond motifs is 4. The zero-order valence-electron chi connectivity index (χ0n) is 50.0. The average molecular weight is 1420 g/mol. The van der Waals surface area contributed by atoms with Crippen molar-refractivity contribution in [2.24, 2.45) is 17.8 Å². The second kappa shape index (κ2) is 24.6. The molecule has 5 N–H and O–H groups in total. The van der Waals surface area contributed by atoms with Crippen LogP contribution in [0.4, 0.5) is 0 Å². The van der Waals surface area contributed by atoms with E-state index in [1.165, 1.54) is 40.5 Å². The molecule has 8 aromatic carbocycles. The SMILES string of the molecule is Cc1ccc(C2Oc3c(c(C)c[c]([Mo])c3C3c4c(C)c[c]([Mo])c(C5c6c(O)cc(O)c(C7c8c(OP)cc(OP)cc8OC(c8ccc(OP)c(OP)c8)C7O)c6OC(c6ccc(O)c(O)c6)C5C)c4OC(c4ccc(C)c(C)c4)C3C)CC2C)cc1C. The molecule has 19 heteroatoms. The molecule has 4 aliphatic heterocycles. The van der Waals surface area contributed by atoms with Crippen LogP contribution < -0.4 is 44.9 Å². The molecule has 0 bridgehead atoms. The van der Waals surface area contributed by atoms with Gasteiger partial charge >= 0.3 is 506 Å². The fraction of sp³-hybridized carbons (Fsp3) is 0.304. The van der Waals surface area contributed by atoms with Gasteiger partial charge in [-0.1, -0.05) is 0 Å². The first-order chi connectivity index (χ1) is 42.1. The van der Waals surface area contributed by atoms with Crippen LogP contribution in [0.5, 0.6) is 69.0 Å². The number of ether oxygens (including phenoxy) is 4. The van der Waals surface area contributed by atoms with Crippen LogP contribution in [-0.2, 0) is 46.0 Å². The number of aliphatic hydroxyl groups is 1. The molecule has 88 heavy (non-hydrogen) atoms. The van der Waals surface area contributed by atoms with Crippen molar-refractivity contribution in [1.82, 2.24) is 0 Å². The molecule has 0 spiro atoms. The minimum atomic E-state index is -1.49. The van der Waals surface area contributed by atoms with Gasteiger partial charge < -0.3 is 9.05 Å². The Labute approximate surface area is 545 Å². The van der Waals surface area contributed by atoms with Crippen molar-refractivity contribution in [3.8, 4) is 69.0 Å². The number of aliphatic hydroxyl groups excluding tert-OH is 1. The monoisotopic (exact) mass is 1430 g/mol. The van der Waals surface area contributed by atoms with Gasteiger partial charge in [-0.25, -0.2) is 0 Å². The van der Waals surface area contributed by atoms with Crippen molar-refractivity contribution >= 4 is 45.8 Å². The Balaban J connectivity index is 1.14. The Hall–Kier alpha value is -5.58. The van der Waals surface area contributed by atoms with Gasteiger partial charge in [0.15, 0.2) is 5.75 Å². The van der Waals surface area contributed by atoms with E-state index in [9.17, 15) is 25.5 Å². The summed E-state index contributed by atoms with van der Waals surface area (Å²) in [6, 6.07) is 32.2. The van der Waals surface area contributed by atoms with E-state index in [1.54, 1.807) is 36.4 Å². The van der Waals surface area contributed by atoms with Crippen molar-refractivity contribution in [3.05, 3.63) is 198 Å². The Bertz CT molecular complexity index is 4120. The van der Waals surface area contributed by atoms with Crippen LogP contribution in [-0.4, -0.2) is 31.6 Å². The zero-order chi connectivity index (χ0) is 62.6. The molecule has 13 nitrogen and oxygen atoms in total. The third-order valence-electron chi connectivity index (χ3n) is 18.9. The van der Waals surface area contributed by atoms with Gasteiger partial charge in [0.1, 0.15) is 0 Å². The molecule has 456 valence electrons. The average Bonchev–Trinajstić information content (AvgIpc) is 0.724. The van der Waals surface area contributed by atoms with E-state index in [2.05, 4.69) is 162 Å². The van der Waals surface area contributed by atoms with Gasteiger partial charge in [-0.2, -0.15) is 0 Å². The molecule has 0 radical (unpaired) electrons. The summed E-state index contributed by atoms with van der Waals surface area (Å²) in [7, 11) is 8.96. The van der Waals surface area contributed by atoms with Crippen molar-refractivity contribution in [2.75, 3.05) is 0 Å². The van der Waals surface area contributed by atoms with Crippen LogP contribution in [0.1, 0.15) is 158 Å². The number of aryl methyl sites for hydroxylation is 6. The fourth-order valence-electron chi connectivity index (χ4n) is 14.2.